The van der Waals surface area contributed by atoms with Crippen LogP contribution in [0, 0.1) is 0 Å². The molecule has 1 heterocycles. The minimum absolute atomic E-state index is 0.157. The first kappa shape index (κ1) is 17.9. The van der Waals surface area contributed by atoms with Crippen LogP contribution in [-0.2, 0) is 12.7 Å². The van der Waals surface area contributed by atoms with Crippen LogP contribution in [0.2, 0.25) is 5.02 Å². The minimum Gasteiger partial charge on any atom is -0.421 e. The Hall–Kier alpha value is -2.94. The maximum atomic E-state index is 12.8. The number of para-hydroxylation sites is 1. The first-order valence-electron chi connectivity index (χ1n) is 7.23. The lowest BCUT2D eigenvalue weighted by molar-refractivity contribution is -0.147. The fourth-order valence-corrected chi connectivity index (χ4v) is 2.34. The molecule has 26 heavy (non-hydrogen) atoms. The lowest BCUT2D eigenvalue weighted by atomic mass is 10.1. The van der Waals surface area contributed by atoms with Crippen molar-refractivity contribution in [2.45, 2.75) is 12.7 Å². The number of carbonyl (C=O) groups is 1. The summed E-state index contributed by atoms with van der Waals surface area (Å²) in [6.07, 6.45) is -4.68. The predicted molar refractivity (Wildman–Crippen MR) is 84.8 cm³/mol. The quantitative estimate of drug-likeness (QED) is 0.509. The molecule has 0 aliphatic carbocycles. The molecule has 2 aromatic carbocycles. The van der Waals surface area contributed by atoms with Crippen molar-refractivity contribution in [3.8, 4) is 5.75 Å². The molecule has 134 valence electrons. The van der Waals surface area contributed by atoms with Gasteiger partial charge in [0.05, 0.1) is 17.1 Å². The van der Waals surface area contributed by atoms with Crippen LogP contribution in [0.5, 0.6) is 5.75 Å². The number of benzene rings is 2. The Morgan fingerprint density at radius 2 is 1.92 bits per heavy atom. The summed E-state index contributed by atoms with van der Waals surface area (Å²) < 4.78 is 44.3. The highest BCUT2D eigenvalue weighted by atomic mass is 35.5. The predicted octanol–water partition coefficient (Wildman–Crippen LogP) is 3.61. The van der Waals surface area contributed by atoms with E-state index in [1.165, 1.54) is 24.3 Å². The summed E-state index contributed by atoms with van der Waals surface area (Å²) in [4.78, 5) is 12.2. The molecular formula is C16H10ClF3N4O2. The Bertz CT molecular complexity index is 943. The molecule has 0 amide bonds. The number of rotatable bonds is 4. The molecule has 0 atom stereocenters. The van der Waals surface area contributed by atoms with E-state index in [2.05, 4.69) is 15.5 Å². The number of esters is 1. The third kappa shape index (κ3) is 3.99. The number of hydrogen-bond donors (Lipinski definition) is 0. The molecule has 0 saturated heterocycles. The average molecular weight is 383 g/mol. The van der Waals surface area contributed by atoms with E-state index < -0.39 is 18.0 Å². The SMILES string of the molecule is O=C(Oc1ccccc1Cl)c1cccc(Cn2nnnc2C(F)(F)F)c1. The van der Waals surface area contributed by atoms with E-state index in [9.17, 15) is 18.0 Å². The molecule has 10 heteroatoms. The van der Waals surface area contributed by atoms with Gasteiger partial charge in [-0.05, 0) is 40.3 Å². The Kier molecular flexibility index (Phi) is 4.90. The van der Waals surface area contributed by atoms with Crippen molar-refractivity contribution in [1.82, 2.24) is 20.2 Å². The van der Waals surface area contributed by atoms with E-state index in [4.69, 9.17) is 16.3 Å². The first-order chi connectivity index (χ1) is 12.3. The molecule has 0 bridgehead atoms. The van der Waals surface area contributed by atoms with E-state index in [1.807, 2.05) is 0 Å². The highest BCUT2D eigenvalue weighted by Crippen LogP contribution is 2.27. The molecule has 0 radical (unpaired) electrons. The van der Waals surface area contributed by atoms with E-state index in [0.29, 0.717) is 10.2 Å². The smallest absolute Gasteiger partial charge is 0.421 e. The van der Waals surface area contributed by atoms with Crippen molar-refractivity contribution in [2.75, 3.05) is 0 Å². The van der Waals surface area contributed by atoms with Gasteiger partial charge in [0.1, 0.15) is 5.75 Å². The van der Waals surface area contributed by atoms with E-state index >= 15 is 0 Å². The second kappa shape index (κ2) is 7.12. The Morgan fingerprint density at radius 3 is 2.65 bits per heavy atom. The van der Waals surface area contributed by atoms with Gasteiger partial charge in [0.2, 0.25) is 0 Å². The Morgan fingerprint density at radius 1 is 1.15 bits per heavy atom. The number of aromatic nitrogens is 4. The molecule has 0 aliphatic rings. The molecule has 0 fully saturated rings. The summed E-state index contributed by atoms with van der Waals surface area (Å²) in [5.74, 6) is -1.72. The van der Waals surface area contributed by atoms with Gasteiger partial charge < -0.3 is 4.74 Å². The third-order valence-corrected chi connectivity index (χ3v) is 3.63. The second-order valence-corrected chi connectivity index (χ2v) is 5.59. The fourth-order valence-electron chi connectivity index (χ4n) is 2.17. The van der Waals surface area contributed by atoms with Crippen molar-refractivity contribution in [3.05, 3.63) is 70.5 Å². The number of tetrazole rings is 1. The summed E-state index contributed by atoms with van der Waals surface area (Å²) in [5.41, 5.74) is 0.556. The monoisotopic (exact) mass is 382 g/mol. The molecule has 0 saturated carbocycles. The topological polar surface area (TPSA) is 69.9 Å². The molecule has 1 aromatic heterocycles. The van der Waals surface area contributed by atoms with Crippen LogP contribution in [0.1, 0.15) is 21.7 Å². The minimum atomic E-state index is -4.68. The number of alkyl halides is 3. The van der Waals surface area contributed by atoms with Crippen LogP contribution >= 0.6 is 11.6 Å². The van der Waals surface area contributed by atoms with Crippen LogP contribution in [-0.4, -0.2) is 26.2 Å². The number of hydrogen-bond acceptors (Lipinski definition) is 5. The molecule has 0 N–H and O–H groups in total. The largest absolute Gasteiger partial charge is 0.453 e. The van der Waals surface area contributed by atoms with Crippen LogP contribution in [0.25, 0.3) is 0 Å². The summed E-state index contributed by atoms with van der Waals surface area (Å²) in [6.45, 7) is -0.255. The van der Waals surface area contributed by atoms with Gasteiger partial charge in [-0.2, -0.15) is 13.2 Å². The van der Waals surface area contributed by atoms with E-state index in [0.717, 1.165) is 0 Å². The van der Waals surface area contributed by atoms with Gasteiger partial charge in [-0.1, -0.05) is 35.9 Å². The maximum Gasteiger partial charge on any atom is 0.453 e. The fraction of sp³-hybridized carbons (Fsp3) is 0.125. The van der Waals surface area contributed by atoms with Crippen LogP contribution in [0.4, 0.5) is 13.2 Å². The molecule has 0 aliphatic heterocycles. The van der Waals surface area contributed by atoms with Gasteiger partial charge in [-0.25, -0.2) is 9.48 Å². The number of carbonyl (C=O) groups excluding carboxylic acids is 1. The molecule has 0 spiro atoms. The Balaban J connectivity index is 1.80. The van der Waals surface area contributed by atoms with Crippen molar-refractivity contribution in [3.63, 3.8) is 0 Å². The number of halogens is 4. The summed E-state index contributed by atoms with van der Waals surface area (Å²) >= 11 is 5.93. The third-order valence-electron chi connectivity index (χ3n) is 3.32. The Labute approximate surface area is 150 Å². The van der Waals surface area contributed by atoms with E-state index in [1.54, 1.807) is 24.3 Å². The summed E-state index contributed by atoms with van der Waals surface area (Å²) in [5, 5.41) is 9.62. The maximum absolute atomic E-state index is 12.8. The van der Waals surface area contributed by atoms with Gasteiger partial charge in [0.25, 0.3) is 5.82 Å². The zero-order chi connectivity index (χ0) is 18.7. The van der Waals surface area contributed by atoms with Crippen LogP contribution < -0.4 is 4.74 Å². The number of ether oxygens (including phenoxy) is 1. The lowest BCUT2D eigenvalue weighted by Gasteiger charge is -2.09. The highest BCUT2D eigenvalue weighted by Gasteiger charge is 2.37. The summed E-state index contributed by atoms with van der Waals surface area (Å²) in [6, 6.07) is 12.4. The molecule has 3 rings (SSSR count). The van der Waals surface area contributed by atoms with E-state index in [-0.39, 0.29) is 22.9 Å². The van der Waals surface area contributed by atoms with Gasteiger partial charge >= 0.3 is 12.1 Å². The first-order valence-corrected chi connectivity index (χ1v) is 7.61. The van der Waals surface area contributed by atoms with Gasteiger partial charge in [0, 0.05) is 0 Å². The highest BCUT2D eigenvalue weighted by molar-refractivity contribution is 6.32. The molecule has 6 nitrogen and oxygen atoms in total. The van der Waals surface area contributed by atoms with Crippen molar-refractivity contribution in [1.29, 1.82) is 0 Å². The van der Waals surface area contributed by atoms with Gasteiger partial charge in [-0.15, -0.1) is 5.10 Å². The van der Waals surface area contributed by atoms with Gasteiger partial charge in [-0.3, -0.25) is 0 Å². The van der Waals surface area contributed by atoms with Crippen LogP contribution in [0.15, 0.2) is 48.5 Å². The molecular weight excluding hydrogens is 373 g/mol. The van der Waals surface area contributed by atoms with Crippen molar-refractivity contribution >= 4 is 17.6 Å². The van der Waals surface area contributed by atoms with Gasteiger partial charge in [0.15, 0.2) is 0 Å². The normalized spacial score (nSPS) is 11.4. The standard InChI is InChI=1S/C16H10ClF3N4O2/c17-12-6-1-2-7-13(12)26-14(25)11-5-3-4-10(8-11)9-24-15(16(18,19)20)21-22-23-24/h1-8H,9H2. The second-order valence-electron chi connectivity index (χ2n) is 5.18. The van der Waals surface area contributed by atoms with Crippen molar-refractivity contribution in [2.24, 2.45) is 0 Å². The average Bonchev–Trinajstić information content (AvgIpc) is 3.05. The van der Waals surface area contributed by atoms with Crippen molar-refractivity contribution < 1.29 is 22.7 Å². The molecule has 3 aromatic rings. The zero-order valence-electron chi connectivity index (χ0n) is 12.9. The van der Waals surface area contributed by atoms with Crippen LogP contribution in [0.3, 0.4) is 0 Å². The summed E-state index contributed by atoms with van der Waals surface area (Å²) in [7, 11) is 0. The lowest BCUT2D eigenvalue weighted by Crippen LogP contribution is -2.17. The molecule has 0 unspecified atom stereocenters. The zero-order valence-corrected chi connectivity index (χ0v) is 13.7. The number of nitrogens with zero attached hydrogens (tertiary/aromatic N) is 4.